The van der Waals surface area contributed by atoms with Gasteiger partial charge in [-0.3, -0.25) is 0 Å². The van der Waals surface area contributed by atoms with Crippen molar-refractivity contribution in [2.24, 2.45) is 0 Å². The summed E-state index contributed by atoms with van der Waals surface area (Å²) in [4.78, 5) is 0. The lowest BCUT2D eigenvalue weighted by Gasteiger charge is -2.37. The molecule has 1 atom stereocenters. The normalized spacial score (nSPS) is 13.2. The molecule has 1 rings (SSSR count). The molecule has 0 bridgehead atoms. The van der Waals surface area contributed by atoms with E-state index in [9.17, 15) is 0 Å². The van der Waals surface area contributed by atoms with Crippen LogP contribution in [0.1, 0.15) is 70.3 Å². The van der Waals surface area contributed by atoms with Crippen molar-refractivity contribution < 1.29 is 14.2 Å². The Morgan fingerprint density at radius 3 is 2.04 bits per heavy atom. The summed E-state index contributed by atoms with van der Waals surface area (Å²) in [7, 11) is 3.33. The molecule has 0 saturated carbocycles. The second-order valence-corrected chi connectivity index (χ2v) is 5.96. The van der Waals surface area contributed by atoms with Crippen molar-refractivity contribution in [3.05, 3.63) is 35.9 Å². The molecule has 0 aliphatic rings. The molecule has 0 N–H and O–H groups in total. The molecular formula is C20H34O3. The minimum absolute atomic E-state index is 0.0739. The standard InChI is InChI=1S/C20H34O3/c1-5-7-8-9-10-14-17-19(18-15-12-11-13-16-18)20(21-3,22-4)23-6-2/h11-13,15-16,19H,5-10,14,17H2,1-4H3. The van der Waals surface area contributed by atoms with Crippen LogP contribution in [0.4, 0.5) is 0 Å². The quantitative estimate of drug-likeness (QED) is 0.354. The molecule has 0 heterocycles. The molecule has 0 amide bonds. The van der Waals surface area contributed by atoms with Gasteiger partial charge in [0.25, 0.3) is 5.97 Å². The van der Waals surface area contributed by atoms with Crippen LogP contribution >= 0.6 is 0 Å². The number of benzene rings is 1. The molecule has 0 spiro atoms. The van der Waals surface area contributed by atoms with E-state index in [1.807, 2.05) is 13.0 Å². The van der Waals surface area contributed by atoms with Crippen LogP contribution in [0.25, 0.3) is 0 Å². The van der Waals surface area contributed by atoms with E-state index in [-0.39, 0.29) is 5.92 Å². The summed E-state index contributed by atoms with van der Waals surface area (Å²) in [5, 5.41) is 0. The lowest BCUT2D eigenvalue weighted by Crippen LogP contribution is -2.43. The number of ether oxygens (including phenoxy) is 3. The molecule has 1 unspecified atom stereocenters. The van der Waals surface area contributed by atoms with Crippen LogP contribution in [-0.2, 0) is 14.2 Å². The predicted octanol–water partition coefficient (Wildman–Crippen LogP) is 5.50. The summed E-state index contributed by atoms with van der Waals surface area (Å²) >= 11 is 0. The Morgan fingerprint density at radius 1 is 0.870 bits per heavy atom. The zero-order valence-electron chi connectivity index (χ0n) is 15.3. The molecule has 0 saturated heterocycles. The van der Waals surface area contributed by atoms with Crippen LogP contribution in [0.2, 0.25) is 0 Å². The summed E-state index contributed by atoms with van der Waals surface area (Å²) in [5.74, 6) is -0.927. The molecule has 0 aromatic heterocycles. The van der Waals surface area contributed by atoms with Gasteiger partial charge in [0.05, 0.1) is 5.92 Å². The molecule has 3 nitrogen and oxygen atoms in total. The SMILES string of the molecule is CCCCCCCCC(c1ccccc1)C(OC)(OC)OCC. The summed E-state index contributed by atoms with van der Waals surface area (Å²) in [6.45, 7) is 4.78. The van der Waals surface area contributed by atoms with Gasteiger partial charge >= 0.3 is 0 Å². The van der Waals surface area contributed by atoms with E-state index in [0.717, 1.165) is 12.8 Å². The van der Waals surface area contributed by atoms with Crippen LogP contribution < -0.4 is 0 Å². The zero-order chi connectivity index (χ0) is 17.0. The first-order valence-electron chi connectivity index (χ1n) is 9.03. The maximum Gasteiger partial charge on any atom is 0.289 e. The molecule has 0 aliphatic carbocycles. The molecule has 0 fully saturated rings. The second kappa shape index (κ2) is 11.6. The number of unbranched alkanes of at least 4 members (excludes halogenated alkanes) is 5. The third kappa shape index (κ3) is 6.25. The van der Waals surface area contributed by atoms with Crippen molar-refractivity contribution >= 4 is 0 Å². The highest BCUT2D eigenvalue weighted by Crippen LogP contribution is 2.37. The highest BCUT2D eigenvalue weighted by atomic mass is 16.9. The Labute approximate surface area is 142 Å². The Balaban J connectivity index is 2.77. The van der Waals surface area contributed by atoms with Gasteiger partial charge in [0, 0.05) is 20.8 Å². The largest absolute Gasteiger partial charge is 0.330 e. The van der Waals surface area contributed by atoms with Crippen molar-refractivity contribution in [3.63, 3.8) is 0 Å². The fraction of sp³-hybridized carbons (Fsp3) is 0.700. The molecule has 132 valence electrons. The van der Waals surface area contributed by atoms with Crippen molar-refractivity contribution in [2.75, 3.05) is 20.8 Å². The summed E-state index contributed by atoms with van der Waals surface area (Å²) in [6.07, 6.45) is 8.66. The molecule has 23 heavy (non-hydrogen) atoms. The first-order chi connectivity index (χ1) is 11.2. The van der Waals surface area contributed by atoms with Gasteiger partial charge in [0.2, 0.25) is 0 Å². The van der Waals surface area contributed by atoms with Crippen LogP contribution in [0.15, 0.2) is 30.3 Å². The molecule has 0 aliphatic heterocycles. The summed E-state index contributed by atoms with van der Waals surface area (Å²) in [6, 6.07) is 10.4. The van der Waals surface area contributed by atoms with E-state index in [1.54, 1.807) is 14.2 Å². The topological polar surface area (TPSA) is 27.7 Å². The van der Waals surface area contributed by atoms with Crippen LogP contribution in [0.5, 0.6) is 0 Å². The van der Waals surface area contributed by atoms with Gasteiger partial charge in [-0.1, -0.05) is 75.8 Å². The third-order valence-corrected chi connectivity index (χ3v) is 4.39. The second-order valence-electron chi connectivity index (χ2n) is 5.96. The van der Waals surface area contributed by atoms with E-state index in [2.05, 4.69) is 31.2 Å². The van der Waals surface area contributed by atoms with E-state index in [4.69, 9.17) is 14.2 Å². The molecule has 1 aromatic rings. The highest BCUT2D eigenvalue weighted by molar-refractivity contribution is 5.21. The van der Waals surface area contributed by atoms with Crippen molar-refractivity contribution in [1.29, 1.82) is 0 Å². The van der Waals surface area contributed by atoms with Crippen molar-refractivity contribution in [2.45, 2.75) is 70.7 Å². The molecular weight excluding hydrogens is 288 g/mol. The minimum atomic E-state index is -1.00. The van der Waals surface area contributed by atoms with E-state index in [1.165, 1.54) is 37.7 Å². The van der Waals surface area contributed by atoms with Gasteiger partial charge in [-0.05, 0) is 18.9 Å². The van der Waals surface area contributed by atoms with E-state index in [0.29, 0.717) is 6.61 Å². The minimum Gasteiger partial charge on any atom is -0.330 e. The van der Waals surface area contributed by atoms with Gasteiger partial charge < -0.3 is 14.2 Å². The fourth-order valence-electron chi connectivity index (χ4n) is 3.15. The van der Waals surface area contributed by atoms with Gasteiger partial charge in [-0.25, -0.2) is 0 Å². The summed E-state index contributed by atoms with van der Waals surface area (Å²) < 4.78 is 17.3. The first kappa shape index (κ1) is 20.1. The zero-order valence-corrected chi connectivity index (χ0v) is 15.3. The molecule has 1 aromatic carbocycles. The number of hydrogen-bond donors (Lipinski definition) is 0. The number of methoxy groups -OCH3 is 2. The Bertz CT molecular complexity index is 387. The molecule has 0 radical (unpaired) electrons. The lowest BCUT2D eigenvalue weighted by atomic mass is 9.90. The van der Waals surface area contributed by atoms with Gasteiger partial charge in [0.1, 0.15) is 0 Å². The Morgan fingerprint density at radius 2 is 1.48 bits per heavy atom. The number of hydrogen-bond acceptors (Lipinski definition) is 3. The predicted molar refractivity (Wildman–Crippen MR) is 95.6 cm³/mol. The third-order valence-electron chi connectivity index (χ3n) is 4.39. The smallest absolute Gasteiger partial charge is 0.289 e. The van der Waals surface area contributed by atoms with E-state index < -0.39 is 5.97 Å². The van der Waals surface area contributed by atoms with Crippen molar-refractivity contribution in [1.82, 2.24) is 0 Å². The Kier molecular flexibility index (Phi) is 10.2. The monoisotopic (exact) mass is 322 g/mol. The fourth-order valence-corrected chi connectivity index (χ4v) is 3.15. The van der Waals surface area contributed by atoms with Crippen LogP contribution in [0, 0.1) is 0 Å². The summed E-state index contributed by atoms with van der Waals surface area (Å²) in [5.41, 5.74) is 1.21. The average Bonchev–Trinajstić information content (AvgIpc) is 2.60. The Hall–Kier alpha value is -0.900. The van der Waals surface area contributed by atoms with Crippen molar-refractivity contribution in [3.8, 4) is 0 Å². The number of rotatable bonds is 13. The highest BCUT2D eigenvalue weighted by Gasteiger charge is 2.41. The first-order valence-corrected chi connectivity index (χ1v) is 9.03. The van der Waals surface area contributed by atoms with Gasteiger partial charge in [-0.15, -0.1) is 0 Å². The lowest BCUT2D eigenvalue weighted by molar-refractivity contribution is -0.373. The maximum absolute atomic E-state index is 5.90. The van der Waals surface area contributed by atoms with Gasteiger partial charge in [-0.2, -0.15) is 0 Å². The van der Waals surface area contributed by atoms with E-state index >= 15 is 0 Å². The average molecular weight is 322 g/mol. The maximum atomic E-state index is 5.90. The molecule has 3 heteroatoms. The van der Waals surface area contributed by atoms with Gasteiger partial charge in [0.15, 0.2) is 0 Å². The van der Waals surface area contributed by atoms with Crippen LogP contribution in [0.3, 0.4) is 0 Å². The van der Waals surface area contributed by atoms with Crippen LogP contribution in [-0.4, -0.2) is 26.8 Å².